The molecule has 5 nitrogen and oxygen atoms in total. The first-order valence-corrected chi connectivity index (χ1v) is 4.86. The molecule has 0 heterocycles. The van der Waals surface area contributed by atoms with E-state index in [1.807, 2.05) is 0 Å². The molecule has 0 saturated heterocycles. The van der Waals surface area contributed by atoms with Crippen LogP contribution in [0.2, 0.25) is 0 Å². The van der Waals surface area contributed by atoms with Crippen LogP contribution in [0.5, 0.6) is 11.5 Å². The van der Waals surface area contributed by atoms with E-state index >= 15 is 0 Å². The van der Waals surface area contributed by atoms with E-state index in [9.17, 15) is 4.79 Å². The molecule has 0 bridgehead atoms. The Bertz CT molecular complexity index is 331. The number of aromatic hydroxyl groups is 1. The first-order chi connectivity index (χ1) is 7.58. The molecule has 5 heteroatoms. The second-order valence-corrected chi connectivity index (χ2v) is 3.38. The quantitative estimate of drug-likeness (QED) is 0.611. The van der Waals surface area contributed by atoms with Crippen molar-refractivity contribution in [2.24, 2.45) is 0 Å². The maximum Gasteiger partial charge on any atom is 0.379 e. The summed E-state index contributed by atoms with van der Waals surface area (Å²) in [6, 6.07) is 6.02. The van der Waals surface area contributed by atoms with Crippen LogP contribution in [0.25, 0.3) is 0 Å². The highest BCUT2D eigenvalue weighted by Crippen LogP contribution is 2.15. The lowest BCUT2D eigenvalue weighted by atomic mass is 10.3. The third-order valence-electron chi connectivity index (χ3n) is 1.53. The van der Waals surface area contributed by atoms with E-state index in [-0.39, 0.29) is 18.5 Å². The first kappa shape index (κ1) is 12.3. The van der Waals surface area contributed by atoms with Crippen molar-refractivity contribution < 1.29 is 24.4 Å². The molecule has 0 aliphatic heterocycles. The number of phenolic OH excluding ortho intramolecular Hbond substituents is 1. The summed E-state index contributed by atoms with van der Waals surface area (Å²) in [7, 11) is 0. The number of phenols is 1. The predicted octanol–water partition coefficient (Wildman–Crippen LogP) is 1.65. The van der Waals surface area contributed by atoms with Crippen LogP contribution in [0.15, 0.2) is 24.3 Å². The minimum atomic E-state index is -0.609. The largest absolute Gasteiger partial charge is 0.508 e. The fraction of sp³-hybridized carbons (Fsp3) is 0.364. The van der Waals surface area contributed by atoms with Crippen molar-refractivity contribution in [3.63, 3.8) is 0 Å². The predicted molar refractivity (Wildman–Crippen MR) is 55.9 cm³/mol. The Morgan fingerprint density at radius 3 is 2.50 bits per heavy atom. The molecule has 0 fully saturated rings. The van der Waals surface area contributed by atoms with Gasteiger partial charge in [0.15, 0.2) is 6.61 Å². The number of carbonyl (C=O) groups excluding carboxylic acids is 1. The van der Waals surface area contributed by atoms with E-state index in [0.29, 0.717) is 5.75 Å². The monoisotopic (exact) mass is 226 g/mol. The third kappa shape index (κ3) is 4.65. The summed E-state index contributed by atoms with van der Waals surface area (Å²) in [6.45, 7) is 3.25. The second kappa shape index (κ2) is 5.97. The second-order valence-electron chi connectivity index (χ2n) is 3.38. The zero-order valence-electron chi connectivity index (χ0n) is 9.17. The highest BCUT2D eigenvalue weighted by atomic mass is 17.2. The summed E-state index contributed by atoms with van der Waals surface area (Å²) in [6.07, 6.45) is -0.183. The zero-order valence-corrected chi connectivity index (χ0v) is 9.17. The third-order valence-corrected chi connectivity index (χ3v) is 1.53. The molecule has 0 radical (unpaired) electrons. The number of ether oxygens (including phenoxy) is 1. The molecule has 0 aromatic heterocycles. The molecule has 0 unspecified atom stereocenters. The number of hydrogen-bond acceptors (Lipinski definition) is 5. The Hall–Kier alpha value is -1.75. The average Bonchev–Trinajstić information content (AvgIpc) is 2.25. The molecule has 16 heavy (non-hydrogen) atoms. The van der Waals surface area contributed by atoms with Gasteiger partial charge in [0.25, 0.3) is 0 Å². The smallest absolute Gasteiger partial charge is 0.379 e. The number of benzene rings is 1. The molecule has 0 aliphatic rings. The molecule has 0 amide bonds. The van der Waals surface area contributed by atoms with Crippen molar-refractivity contribution in [3.8, 4) is 11.5 Å². The van der Waals surface area contributed by atoms with Crippen molar-refractivity contribution in [1.82, 2.24) is 0 Å². The molecule has 88 valence electrons. The van der Waals surface area contributed by atoms with Crippen molar-refractivity contribution in [2.75, 3.05) is 6.61 Å². The number of hydrogen-bond donors (Lipinski definition) is 1. The Balaban J connectivity index is 2.29. The molecule has 0 aliphatic carbocycles. The minimum Gasteiger partial charge on any atom is -0.508 e. The Morgan fingerprint density at radius 2 is 1.94 bits per heavy atom. The fourth-order valence-electron chi connectivity index (χ4n) is 0.859. The standard InChI is InChI=1S/C11H14O5/c1-8(2)15-16-11(13)7-14-10-5-3-9(12)4-6-10/h3-6,8,12H,7H2,1-2H3. The fourth-order valence-corrected chi connectivity index (χ4v) is 0.859. The lowest BCUT2D eigenvalue weighted by Crippen LogP contribution is -2.17. The average molecular weight is 226 g/mol. The summed E-state index contributed by atoms with van der Waals surface area (Å²) in [4.78, 5) is 20.1. The number of carbonyl (C=O) groups is 1. The van der Waals surface area contributed by atoms with Crippen LogP contribution in [0, 0.1) is 0 Å². The van der Waals surface area contributed by atoms with Gasteiger partial charge in [-0.2, -0.15) is 4.89 Å². The van der Waals surface area contributed by atoms with Gasteiger partial charge in [0, 0.05) is 0 Å². The molecule has 0 saturated carbocycles. The van der Waals surface area contributed by atoms with E-state index in [0.717, 1.165) is 0 Å². The lowest BCUT2D eigenvalue weighted by molar-refractivity contribution is -0.292. The Morgan fingerprint density at radius 1 is 1.31 bits per heavy atom. The van der Waals surface area contributed by atoms with Gasteiger partial charge in [0.05, 0.1) is 6.10 Å². The van der Waals surface area contributed by atoms with Crippen molar-refractivity contribution in [3.05, 3.63) is 24.3 Å². The van der Waals surface area contributed by atoms with Gasteiger partial charge >= 0.3 is 5.97 Å². The molecule has 1 aromatic rings. The van der Waals surface area contributed by atoms with Crippen LogP contribution in [0.4, 0.5) is 0 Å². The van der Waals surface area contributed by atoms with Gasteiger partial charge < -0.3 is 9.84 Å². The SMILES string of the molecule is CC(C)OOC(=O)COc1ccc(O)cc1. The van der Waals surface area contributed by atoms with Gasteiger partial charge in [0.1, 0.15) is 11.5 Å². The van der Waals surface area contributed by atoms with Gasteiger partial charge in [-0.1, -0.05) is 0 Å². The zero-order chi connectivity index (χ0) is 12.0. The minimum absolute atomic E-state index is 0.137. The van der Waals surface area contributed by atoms with Gasteiger partial charge in [-0.3, -0.25) is 4.89 Å². The van der Waals surface area contributed by atoms with E-state index < -0.39 is 5.97 Å². The normalized spacial score (nSPS) is 10.2. The topological polar surface area (TPSA) is 65.0 Å². The first-order valence-electron chi connectivity index (χ1n) is 4.86. The van der Waals surface area contributed by atoms with Crippen molar-refractivity contribution >= 4 is 5.97 Å². The summed E-state index contributed by atoms with van der Waals surface area (Å²) in [5, 5.41) is 9.01. The Labute approximate surface area is 93.5 Å². The van der Waals surface area contributed by atoms with Crippen LogP contribution < -0.4 is 4.74 Å². The summed E-state index contributed by atoms with van der Waals surface area (Å²) >= 11 is 0. The molecule has 0 atom stereocenters. The van der Waals surface area contributed by atoms with Gasteiger partial charge in [-0.25, -0.2) is 4.79 Å². The lowest BCUT2D eigenvalue weighted by Gasteiger charge is -2.07. The maximum absolute atomic E-state index is 11.1. The summed E-state index contributed by atoms with van der Waals surface area (Å²) < 4.78 is 5.09. The molecule has 1 rings (SSSR count). The van der Waals surface area contributed by atoms with Gasteiger partial charge in [-0.05, 0) is 38.1 Å². The van der Waals surface area contributed by atoms with Crippen molar-refractivity contribution in [2.45, 2.75) is 20.0 Å². The van der Waals surface area contributed by atoms with Crippen LogP contribution in [0.3, 0.4) is 0 Å². The Kier molecular flexibility index (Phi) is 4.60. The molecular weight excluding hydrogens is 212 g/mol. The maximum atomic E-state index is 11.1. The molecule has 1 aromatic carbocycles. The van der Waals surface area contributed by atoms with E-state index in [1.165, 1.54) is 12.1 Å². The van der Waals surface area contributed by atoms with Crippen molar-refractivity contribution in [1.29, 1.82) is 0 Å². The highest BCUT2D eigenvalue weighted by Gasteiger charge is 2.06. The number of rotatable bonds is 5. The van der Waals surface area contributed by atoms with Crippen LogP contribution in [-0.2, 0) is 14.6 Å². The summed E-state index contributed by atoms with van der Waals surface area (Å²) in [5.74, 6) is -0.000797. The van der Waals surface area contributed by atoms with Gasteiger partial charge in [-0.15, -0.1) is 0 Å². The van der Waals surface area contributed by atoms with Crippen LogP contribution in [-0.4, -0.2) is 23.8 Å². The molecule has 1 N–H and O–H groups in total. The molecular formula is C11H14O5. The van der Waals surface area contributed by atoms with Crippen LogP contribution >= 0.6 is 0 Å². The van der Waals surface area contributed by atoms with E-state index in [2.05, 4.69) is 9.78 Å². The summed E-state index contributed by atoms with van der Waals surface area (Å²) in [5.41, 5.74) is 0. The highest BCUT2D eigenvalue weighted by molar-refractivity contribution is 5.70. The van der Waals surface area contributed by atoms with Crippen LogP contribution in [0.1, 0.15) is 13.8 Å². The molecule has 0 spiro atoms. The van der Waals surface area contributed by atoms with E-state index in [4.69, 9.17) is 9.84 Å². The van der Waals surface area contributed by atoms with E-state index in [1.54, 1.807) is 26.0 Å². The van der Waals surface area contributed by atoms with Gasteiger partial charge in [0.2, 0.25) is 0 Å².